The summed E-state index contributed by atoms with van der Waals surface area (Å²) < 4.78 is 9.08. The van der Waals surface area contributed by atoms with Crippen LogP contribution in [-0.2, 0) is 9.53 Å². The van der Waals surface area contributed by atoms with E-state index in [1.54, 1.807) is 14.0 Å². The van der Waals surface area contributed by atoms with Gasteiger partial charge < -0.3 is 10.1 Å². The molecule has 2 N–H and O–H groups in total. The third kappa shape index (κ3) is 3.76. The highest BCUT2D eigenvalue weighted by Gasteiger charge is 2.20. The smallest absolute Gasteiger partial charge is 0.343 e. The molecule has 0 spiro atoms. The van der Waals surface area contributed by atoms with Crippen molar-refractivity contribution in [1.29, 1.82) is 0 Å². The number of carbonyl (C=O) groups is 2. The highest BCUT2D eigenvalue weighted by molar-refractivity contribution is 7.14. The summed E-state index contributed by atoms with van der Waals surface area (Å²) in [5.74, 6) is -0.999. The van der Waals surface area contributed by atoms with Crippen LogP contribution in [-0.4, -0.2) is 34.9 Å². The quantitative estimate of drug-likeness (QED) is 0.817. The second kappa shape index (κ2) is 6.64. The first-order valence-electron chi connectivity index (χ1n) is 6.04. The summed E-state index contributed by atoms with van der Waals surface area (Å²) in [6.45, 7) is 3.18. The number of aryl methyl sites for hydroxylation is 2. The Morgan fingerprint density at radius 2 is 2.14 bits per heavy atom. The van der Waals surface area contributed by atoms with Gasteiger partial charge in [0.25, 0.3) is 5.91 Å². The van der Waals surface area contributed by atoms with Gasteiger partial charge in [0.1, 0.15) is 10.6 Å². The zero-order valence-corrected chi connectivity index (χ0v) is 13.4. The lowest BCUT2D eigenvalue weighted by atomic mass is 10.2. The van der Waals surface area contributed by atoms with Crippen LogP contribution < -0.4 is 10.6 Å². The van der Waals surface area contributed by atoms with Crippen LogP contribution >= 0.6 is 22.9 Å². The number of nitrogens with zero attached hydrogens (tertiary/aromatic N) is 2. The van der Waals surface area contributed by atoms with Gasteiger partial charge in [-0.05, 0) is 25.4 Å². The SMILES string of the molecule is CNc1snc(C)c1C(=O)OCC(=O)Nc1nc(C)cs1. The zero-order chi connectivity index (χ0) is 15.4. The lowest BCUT2D eigenvalue weighted by molar-refractivity contribution is -0.119. The van der Waals surface area contributed by atoms with Crippen molar-refractivity contribution < 1.29 is 14.3 Å². The maximum atomic E-state index is 12.0. The van der Waals surface area contributed by atoms with E-state index < -0.39 is 11.9 Å². The topological polar surface area (TPSA) is 93.2 Å². The monoisotopic (exact) mass is 326 g/mol. The van der Waals surface area contributed by atoms with E-state index >= 15 is 0 Å². The van der Waals surface area contributed by atoms with Crippen LogP contribution in [0.5, 0.6) is 0 Å². The van der Waals surface area contributed by atoms with E-state index in [2.05, 4.69) is 20.0 Å². The Labute approximate surface area is 129 Å². The van der Waals surface area contributed by atoms with Crippen LogP contribution in [0.1, 0.15) is 21.7 Å². The fraction of sp³-hybridized carbons (Fsp3) is 0.333. The summed E-state index contributed by atoms with van der Waals surface area (Å²) in [4.78, 5) is 27.8. The first-order valence-corrected chi connectivity index (χ1v) is 7.69. The van der Waals surface area contributed by atoms with Crippen LogP contribution in [0.15, 0.2) is 5.38 Å². The molecule has 0 aliphatic heterocycles. The second-order valence-corrected chi connectivity index (χ2v) is 5.77. The molecule has 0 saturated carbocycles. The first kappa shape index (κ1) is 15.4. The molecule has 2 rings (SSSR count). The summed E-state index contributed by atoms with van der Waals surface area (Å²) >= 11 is 2.49. The van der Waals surface area contributed by atoms with E-state index in [9.17, 15) is 9.59 Å². The molecule has 2 heterocycles. The van der Waals surface area contributed by atoms with Crippen molar-refractivity contribution in [2.24, 2.45) is 0 Å². The molecule has 0 atom stereocenters. The Morgan fingerprint density at radius 1 is 1.38 bits per heavy atom. The Bertz CT molecular complexity index is 665. The van der Waals surface area contributed by atoms with Crippen molar-refractivity contribution in [3.8, 4) is 0 Å². The number of thiazole rings is 1. The highest BCUT2D eigenvalue weighted by atomic mass is 32.1. The van der Waals surface area contributed by atoms with Crippen LogP contribution in [0.3, 0.4) is 0 Å². The summed E-state index contributed by atoms with van der Waals surface area (Å²) in [6.07, 6.45) is 0. The molecule has 0 bridgehead atoms. The van der Waals surface area contributed by atoms with Crippen molar-refractivity contribution in [1.82, 2.24) is 9.36 Å². The van der Waals surface area contributed by atoms with Crippen molar-refractivity contribution in [2.45, 2.75) is 13.8 Å². The first-order chi connectivity index (χ1) is 10.0. The van der Waals surface area contributed by atoms with E-state index in [0.717, 1.165) is 5.69 Å². The third-order valence-corrected chi connectivity index (χ3v) is 4.33. The molecule has 21 heavy (non-hydrogen) atoms. The van der Waals surface area contributed by atoms with Gasteiger partial charge in [-0.1, -0.05) is 0 Å². The van der Waals surface area contributed by atoms with E-state index in [1.807, 2.05) is 12.3 Å². The fourth-order valence-corrected chi connectivity index (χ4v) is 2.99. The molecule has 0 aliphatic carbocycles. The number of carbonyl (C=O) groups excluding carboxylic acids is 2. The second-order valence-electron chi connectivity index (χ2n) is 4.14. The summed E-state index contributed by atoms with van der Waals surface area (Å²) in [5.41, 5.74) is 1.76. The molecule has 0 aliphatic rings. The third-order valence-electron chi connectivity index (χ3n) is 2.49. The van der Waals surface area contributed by atoms with Crippen molar-refractivity contribution in [2.75, 3.05) is 24.3 Å². The molecule has 0 aromatic carbocycles. The van der Waals surface area contributed by atoms with Gasteiger partial charge in [-0.25, -0.2) is 9.78 Å². The molecular weight excluding hydrogens is 312 g/mol. The zero-order valence-electron chi connectivity index (χ0n) is 11.7. The Balaban J connectivity index is 1.91. The molecule has 0 fully saturated rings. The van der Waals surface area contributed by atoms with Gasteiger partial charge in [0.15, 0.2) is 11.7 Å². The molecule has 9 heteroatoms. The molecule has 2 aromatic rings. The van der Waals surface area contributed by atoms with Gasteiger partial charge in [-0.2, -0.15) is 4.37 Å². The molecule has 0 radical (unpaired) electrons. The predicted octanol–water partition coefficient (Wildman–Crippen LogP) is 2.05. The largest absolute Gasteiger partial charge is 0.452 e. The predicted molar refractivity (Wildman–Crippen MR) is 82.2 cm³/mol. The lowest BCUT2D eigenvalue weighted by Gasteiger charge is -2.05. The summed E-state index contributed by atoms with van der Waals surface area (Å²) in [7, 11) is 1.70. The molecule has 2 aromatic heterocycles. The summed E-state index contributed by atoms with van der Waals surface area (Å²) in [5, 5.41) is 8.37. The lowest BCUT2D eigenvalue weighted by Crippen LogP contribution is -2.21. The minimum Gasteiger partial charge on any atom is -0.452 e. The van der Waals surface area contributed by atoms with E-state index in [4.69, 9.17) is 4.74 Å². The highest BCUT2D eigenvalue weighted by Crippen LogP contribution is 2.24. The van der Waals surface area contributed by atoms with Gasteiger partial charge in [0.2, 0.25) is 0 Å². The fourth-order valence-electron chi connectivity index (χ4n) is 1.55. The maximum Gasteiger partial charge on any atom is 0.343 e. The molecule has 0 saturated heterocycles. The number of rotatable bonds is 5. The van der Waals surface area contributed by atoms with E-state index in [1.165, 1.54) is 22.9 Å². The minimum atomic E-state index is -0.573. The number of ether oxygens (including phenoxy) is 1. The average molecular weight is 326 g/mol. The average Bonchev–Trinajstić information content (AvgIpc) is 3.02. The molecule has 0 unspecified atom stereocenters. The van der Waals surface area contributed by atoms with E-state index in [-0.39, 0.29) is 6.61 Å². The number of anilines is 2. The number of nitrogens with one attached hydrogen (secondary N) is 2. The van der Waals surface area contributed by atoms with Crippen molar-refractivity contribution >= 4 is 44.9 Å². The van der Waals surface area contributed by atoms with Gasteiger partial charge >= 0.3 is 5.97 Å². The van der Waals surface area contributed by atoms with Crippen LogP contribution in [0.2, 0.25) is 0 Å². The minimum absolute atomic E-state index is 0.361. The molecular formula is C12H14N4O3S2. The Hall–Kier alpha value is -2.00. The molecule has 112 valence electrons. The molecule has 1 amide bonds. The van der Waals surface area contributed by atoms with Gasteiger partial charge in [0, 0.05) is 12.4 Å². The van der Waals surface area contributed by atoms with Crippen molar-refractivity contribution in [3.63, 3.8) is 0 Å². The Morgan fingerprint density at radius 3 is 2.76 bits per heavy atom. The van der Waals surface area contributed by atoms with Crippen LogP contribution in [0.4, 0.5) is 10.1 Å². The van der Waals surface area contributed by atoms with Crippen LogP contribution in [0, 0.1) is 13.8 Å². The van der Waals surface area contributed by atoms with Gasteiger partial charge in [-0.15, -0.1) is 11.3 Å². The van der Waals surface area contributed by atoms with Gasteiger partial charge in [0.05, 0.1) is 11.4 Å². The summed E-state index contributed by atoms with van der Waals surface area (Å²) in [6, 6.07) is 0. The number of esters is 1. The number of aromatic nitrogens is 2. The Kier molecular flexibility index (Phi) is 4.86. The number of hydrogen-bond donors (Lipinski definition) is 2. The van der Waals surface area contributed by atoms with Crippen molar-refractivity contribution in [3.05, 3.63) is 22.3 Å². The number of amides is 1. The van der Waals surface area contributed by atoms with Crippen LogP contribution in [0.25, 0.3) is 0 Å². The normalized spacial score (nSPS) is 10.2. The molecule has 7 nitrogen and oxygen atoms in total. The maximum absolute atomic E-state index is 12.0. The van der Waals surface area contributed by atoms with E-state index in [0.29, 0.717) is 21.4 Å². The standard InChI is InChI=1S/C12H14N4O3S2/c1-6-5-20-12(14-6)15-8(17)4-19-11(18)9-7(2)16-21-10(9)13-3/h5,13H,4H2,1-3H3,(H,14,15,17). The number of hydrogen-bond acceptors (Lipinski definition) is 8. The van der Waals surface area contributed by atoms with Gasteiger partial charge in [-0.3, -0.25) is 10.1 Å².